The molecule has 1 atom stereocenters. The predicted molar refractivity (Wildman–Crippen MR) is 141 cm³/mol. The number of aromatic nitrogens is 2. The van der Waals surface area contributed by atoms with Crippen LogP contribution in [0, 0.1) is 6.92 Å². The van der Waals surface area contributed by atoms with Crippen molar-refractivity contribution in [3.63, 3.8) is 0 Å². The molecule has 1 fully saturated rings. The number of benzene rings is 2. The van der Waals surface area contributed by atoms with Crippen LogP contribution >= 0.6 is 0 Å². The minimum Gasteiger partial charge on any atom is -0.315 e. The summed E-state index contributed by atoms with van der Waals surface area (Å²) in [5.41, 5.74) is 3.69. The zero-order valence-corrected chi connectivity index (χ0v) is 20.8. The van der Waals surface area contributed by atoms with E-state index >= 15 is 0 Å². The average Bonchev–Trinajstić information content (AvgIpc) is 3.41. The molecule has 1 saturated heterocycles. The highest BCUT2D eigenvalue weighted by atomic mass is 16.2. The summed E-state index contributed by atoms with van der Waals surface area (Å²) < 4.78 is 1.89. The Hall–Kier alpha value is -4.46. The highest BCUT2D eigenvalue weighted by Crippen LogP contribution is 2.44. The van der Waals surface area contributed by atoms with Gasteiger partial charge in [0, 0.05) is 31.1 Å². The van der Waals surface area contributed by atoms with E-state index in [9.17, 15) is 14.4 Å². The lowest BCUT2D eigenvalue weighted by Gasteiger charge is -2.48. The van der Waals surface area contributed by atoms with Crippen LogP contribution < -0.4 is 10.2 Å². The van der Waals surface area contributed by atoms with Gasteiger partial charge in [-0.25, -0.2) is 4.98 Å². The van der Waals surface area contributed by atoms with Crippen molar-refractivity contribution in [1.29, 1.82) is 0 Å². The quantitative estimate of drug-likeness (QED) is 0.439. The molecule has 2 aliphatic heterocycles. The van der Waals surface area contributed by atoms with Crippen LogP contribution in [0.25, 0.3) is 16.9 Å². The van der Waals surface area contributed by atoms with Gasteiger partial charge in [-0.05, 0) is 44.0 Å². The van der Waals surface area contributed by atoms with Gasteiger partial charge in [0.15, 0.2) is 0 Å². The van der Waals surface area contributed by atoms with E-state index in [4.69, 9.17) is 4.98 Å². The largest absolute Gasteiger partial charge is 0.315 e. The maximum Gasteiger partial charge on any atom is 0.257 e. The van der Waals surface area contributed by atoms with Crippen molar-refractivity contribution in [1.82, 2.24) is 14.3 Å². The van der Waals surface area contributed by atoms with Gasteiger partial charge in [-0.2, -0.15) is 0 Å². The van der Waals surface area contributed by atoms with Gasteiger partial charge >= 0.3 is 0 Å². The van der Waals surface area contributed by atoms with Crippen molar-refractivity contribution in [2.75, 3.05) is 16.8 Å². The second-order valence-electron chi connectivity index (χ2n) is 9.83. The number of amides is 3. The SMILES string of the molecule is Cc1ccc2nc(-c3ccccc3)c(NC(=O)CCN3C(=O)c4ccccc4N4C(=O)CCC34C)n2c1. The molecule has 186 valence electrons. The summed E-state index contributed by atoms with van der Waals surface area (Å²) in [6.07, 6.45) is 2.91. The summed E-state index contributed by atoms with van der Waals surface area (Å²) in [6, 6.07) is 20.8. The van der Waals surface area contributed by atoms with Gasteiger partial charge in [-0.15, -0.1) is 0 Å². The first-order valence-corrected chi connectivity index (χ1v) is 12.4. The molecule has 3 amide bonds. The number of aryl methyl sites for hydroxylation is 1. The van der Waals surface area contributed by atoms with Crippen LogP contribution in [0.5, 0.6) is 0 Å². The lowest BCUT2D eigenvalue weighted by molar-refractivity contribution is -0.117. The highest BCUT2D eigenvalue weighted by Gasteiger charge is 2.52. The van der Waals surface area contributed by atoms with E-state index in [1.54, 1.807) is 21.9 Å². The summed E-state index contributed by atoms with van der Waals surface area (Å²) in [6.45, 7) is 4.09. The number of para-hydroxylation sites is 1. The van der Waals surface area contributed by atoms with Gasteiger partial charge in [0.05, 0.1) is 11.3 Å². The Balaban J connectivity index is 1.29. The maximum atomic E-state index is 13.5. The molecule has 0 aliphatic carbocycles. The number of anilines is 2. The molecule has 0 saturated carbocycles. The fourth-order valence-corrected chi connectivity index (χ4v) is 5.52. The predicted octanol–water partition coefficient (Wildman–Crippen LogP) is 4.64. The summed E-state index contributed by atoms with van der Waals surface area (Å²) in [5, 5.41) is 3.06. The van der Waals surface area contributed by atoms with Crippen LogP contribution in [0.4, 0.5) is 11.5 Å². The highest BCUT2D eigenvalue weighted by molar-refractivity contribution is 6.10. The van der Waals surface area contributed by atoms with Crippen molar-refractivity contribution in [2.45, 2.75) is 38.8 Å². The molecular formula is C29H27N5O3. The summed E-state index contributed by atoms with van der Waals surface area (Å²) >= 11 is 0. The fraction of sp³-hybridized carbons (Fsp3) is 0.241. The molecule has 4 aromatic rings. The van der Waals surface area contributed by atoms with E-state index in [1.807, 2.05) is 79.0 Å². The van der Waals surface area contributed by atoms with Gasteiger partial charge in [-0.1, -0.05) is 48.5 Å². The molecule has 0 bridgehead atoms. The van der Waals surface area contributed by atoms with Crippen LogP contribution in [0.15, 0.2) is 72.9 Å². The van der Waals surface area contributed by atoms with Crippen molar-refractivity contribution in [3.05, 3.63) is 84.1 Å². The molecule has 2 aromatic heterocycles. The molecule has 1 unspecified atom stereocenters. The standard InChI is InChI=1S/C29H27N5O3/c1-19-12-13-23-30-26(20-8-4-3-5-9-20)27(32(23)18-19)31-24(35)15-17-33-28(37)21-10-6-7-11-22(21)34-25(36)14-16-29(33,34)2/h3-13,18H,14-17H2,1-2H3,(H,31,35). The number of carbonyl (C=O) groups is 3. The Morgan fingerprint density at radius 1 is 1.03 bits per heavy atom. The Kier molecular flexibility index (Phi) is 5.33. The van der Waals surface area contributed by atoms with Crippen LogP contribution in [0.3, 0.4) is 0 Å². The molecule has 8 heteroatoms. The zero-order valence-electron chi connectivity index (χ0n) is 20.8. The topological polar surface area (TPSA) is 87.0 Å². The fourth-order valence-electron chi connectivity index (χ4n) is 5.52. The lowest BCUT2D eigenvalue weighted by Crippen LogP contribution is -2.62. The molecule has 2 aliphatic rings. The van der Waals surface area contributed by atoms with E-state index in [1.165, 1.54) is 0 Å². The Labute approximate surface area is 214 Å². The second kappa shape index (κ2) is 8.58. The van der Waals surface area contributed by atoms with Crippen molar-refractivity contribution < 1.29 is 14.4 Å². The maximum absolute atomic E-state index is 13.5. The van der Waals surface area contributed by atoms with Gasteiger partial charge in [-0.3, -0.25) is 23.7 Å². The van der Waals surface area contributed by atoms with Gasteiger partial charge in [0.1, 0.15) is 22.8 Å². The Morgan fingerprint density at radius 3 is 2.59 bits per heavy atom. The number of imidazole rings is 1. The number of hydrogen-bond donors (Lipinski definition) is 1. The van der Waals surface area contributed by atoms with Gasteiger partial charge in [0.2, 0.25) is 11.8 Å². The molecule has 8 nitrogen and oxygen atoms in total. The number of rotatable bonds is 5. The first-order chi connectivity index (χ1) is 17.9. The molecule has 0 spiro atoms. The number of hydrogen-bond acceptors (Lipinski definition) is 4. The summed E-state index contributed by atoms with van der Waals surface area (Å²) in [5.74, 6) is 0.193. The van der Waals surface area contributed by atoms with Crippen LogP contribution in [0.2, 0.25) is 0 Å². The Bertz CT molecular complexity index is 1560. The van der Waals surface area contributed by atoms with E-state index in [0.29, 0.717) is 35.6 Å². The first-order valence-electron chi connectivity index (χ1n) is 12.4. The third-order valence-corrected chi connectivity index (χ3v) is 7.38. The number of nitrogens with one attached hydrogen (secondary N) is 1. The van der Waals surface area contributed by atoms with Crippen LogP contribution in [-0.2, 0) is 9.59 Å². The minimum absolute atomic E-state index is 0.00879. The molecule has 6 rings (SSSR count). The minimum atomic E-state index is -0.793. The van der Waals surface area contributed by atoms with E-state index in [2.05, 4.69) is 5.32 Å². The molecule has 2 aromatic carbocycles. The summed E-state index contributed by atoms with van der Waals surface area (Å²) in [7, 11) is 0. The average molecular weight is 494 g/mol. The number of fused-ring (bicyclic) bond motifs is 4. The smallest absolute Gasteiger partial charge is 0.257 e. The molecule has 0 radical (unpaired) electrons. The van der Waals surface area contributed by atoms with Crippen molar-refractivity contribution in [3.8, 4) is 11.3 Å². The van der Waals surface area contributed by atoms with Gasteiger partial charge in [0.25, 0.3) is 5.91 Å². The molecule has 1 N–H and O–H groups in total. The summed E-state index contributed by atoms with van der Waals surface area (Å²) in [4.78, 5) is 47.8. The van der Waals surface area contributed by atoms with Crippen molar-refractivity contribution in [2.24, 2.45) is 0 Å². The van der Waals surface area contributed by atoms with E-state index < -0.39 is 5.66 Å². The third-order valence-electron chi connectivity index (χ3n) is 7.38. The third kappa shape index (κ3) is 3.67. The van der Waals surface area contributed by atoms with Crippen molar-refractivity contribution >= 4 is 34.9 Å². The normalized spacial score (nSPS) is 18.8. The Morgan fingerprint density at radius 2 is 1.78 bits per heavy atom. The van der Waals surface area contributed by atoms with Crippen LogP contribution in [-0.4, -0.2) is 44.2 Å². The number of carbonyl (C=O) groups excluding carboxylic acids is 3. The monoisotopic (exact) mass is 493 g/mol. The number of nitrogens with zero attached hydrogens (tertiary/aromatic N) is 4. The molecular weight excluding hydrogens is 466 g/mol. The first kappa shape index (κ1) is 23.0. The van der Waals surface area contributed by atoms with E-state index in [0.717, 1.165) is 16.8 Å². The van der Waals surface area contributed by atoms with E-state index in [-0.39, 0.29) is 30.7 Å². The lowest BCUT2D eigenvalue weighted by atomic mass is 9.98. The zero-order chi connectivity index (χ0) is 25.7. The second-order valence-corrected chi connectivity index (χ2v) is 9.83. The van der Waals surface area contributed by atoms with Crippen LogP contribution in [0.1, 0.15) is 42.1 Å². The molecule has 4 heterocycles. The molecule has 37 heavy (non-hydrogen) atoms. The van der Waals surface area contributed by atoms with Gasteiger partial charge < -0.3 is 10.2 Å². The number of pyridine rings is 1.